The molecule has 1 saturated heterocycles. The van der Waals surface area contributed by atoms with Crippen molar-refractivity contribution in [3.05, 3.63) is 58.4 Å². The molecule has 1 amide bonds. The quantitative estimate of drug-likeness (QED) is 0.817. The van der Waals surface area contributed by atoms with Crippen LogP contribution in [0.25, 0.3) is 0 Å². The summed E-state index contributed by atoms with van der Waals surface area (Å²) in [6.07, 6.45) is 1.77. The first-order valence-electron chi connectivity index (χ1n) is 7.79. The Labute approximate surface area is 143 Å². The molecule has 0 radical (unpaired) electrons. The number of nitrogens with zero attached hydrogens (tertiary/aromatic N) is 1. The predicted octanol–water partition coefficient (Wildman–Crippen LogP) is 4.19. The average molecular weight is 348 g/mol. The smallest absolute Gasteiger partial charge is 0.254 e. The van der Waals surface area contributed by atoms with Crippen LogP contribution in [0.1, 0.15) is 34.8 Å². The van der Waals surface area contributed by atoms with Gasteiger partial charge >= 0.3 is 0 Å². The monoisotopic (exact) mass is 347 g/mol. The Morgan fingerprint density at radius 2 is 2.00 bits per heavy atom. The molecule has 6 heteroatoms. The van der Waals surface area contributed by atoms with Gasteiger partial charge in [0.05, 0.1) is 11.1 Å². The predicted molar refractivity (Wildman–Crippen MR) is 87.0 cm³/mol. The average Bonchev–Trinajstić information content (AvgIpc) is 3.24. The minimum Gasteiger partial charge on any atom is -0.454 e. The number of hydrogen-bond donors (Lipinski definition) is 0. The molecule has 0 aliphatic carbocycles. The van der Waals surface area contributed by atoms with E-state index in [1.165, 1.54) is 12.1 Å². The maximum atomic E-state index is 13.1. The third kappa shape index (κ3) is 2.59. The normalized spacial score (nSPS) is 18.9. The van der Waals surface area contributed by atoms with E-state index in [-0.39, 0.29) is 24.6 Å². The van der Waals surface area contributed by atoms with Crippen molar-refractivity contribution in [2.75, 3.05) is 13.3 Å². The molecular formula is C18H15ClFNO3. The van der Waals surface area contributed by atoms with E-state index in [0.717, 1.165) is 18.4 Å². The molecule has 4 rings (SSSR count). The molecule has 124 valence electrons. The van der Waals surface area contributed by atoms with Gasteiger partial charge in [0.15, 0.2) is 11.5 Å². The largest absolute Gasteiger partial charge is 0.454 e. The van der Waals surface area contributed by atoms with Gasteiger partial charge in [-0.25, -0.2) is 4.39 Å². The molecule has 1 atom stereocenters. The SMILES string of the molecule is O=C(c1cc(Cl)c2c(c1)OCO2)N1CCCC1c1ccc(F)cc1. The molecule has 2 heterocycles. The van der Waals surface area contributed by atoms with Crippen LogP contribution in [0.4, 0.5) is 4.39 Å². The van der Waals surface area contributed by atoms with Crippen molar-refractivity contribution < 1.29 is 18.7 Å². The minimum atomic E-state index is -0.280. The number of ether oxygens (including phenoxy) is 2. The van der Waals surface area contributed by atoms with Crippen LogP contribution in [-0.2, 0) is 0 Å². The summed E-state index contributed by atoms with van der Waals surface area (Å²) in [6, 6.07) is 9.54. The number of likely N-dealkylation sites (tertiary alicyclic amines) is 1. The van der Waals surface area contributed by atoms with E-state index >= 15 is 0 Å². The second-order valence-electron chi connectivity index (χ2n) is 5.90. The molecule has 1 unspecified atom stereocenters. The van der Waals surface area contributed by atoms with Crippen LogP contribution in [0.15, 0.2) is 36.4 Å². The van der Waals surface area contributed by atoms with E-state index in [1.807, 2.05) is 0 Å². The summed E-state index contributed by atoms with van der Waals surface area (Å²) in [4.78, 5) is 14.8. The van der Waals surface area contributed by atoms with Crippen molar-refractivity contribution in [2.45, 2.75) is 18.9 Å². The molecule has 24 heavy (non-hydrogen) atoms. The lowest BCUT2D eigenvalue weighted by molar-refractivity contribution is 0.0735. The fourth-order valence-corrected chi connectivity index (χ4v) is 3.56. The molecule has 2 aliphatic heterocycles. The fourth-order valence-electron chi connectivity index (χ4n) is 3.30. The van der Waals surface area contributed by atoms with Gasteiger partial charge in [0, 0.05) is 12.1 Å². The maximum Gasteiger partial charge on any atom is 0.254 e. The zero-order chi connectivity index (χ0) is 16.7. The van der Waals surface area contributed by atoms with Crippen LogP contribution in [0.2, 0.25) is 5.02 Å². The first kappa shape index (κ1) is 15.3. The first-order valence-corrected chi connectivity index (χ1v) is 8.17. The lowest BCUT2D eigenvalue weighted by Crippen LogP contribution is -2.30. The van der Waals surface area contributed by atoms with E-state index in [2.05, 4.69) is 0 Å². The molecule has 2 aromatic carbocycles. The van der Waals surface area contributed by atoms with Gasteiger partial charge in [0.1, 0.15) is 5.82 Å². The van der Waals surface area contributed by atoms with Crippen LogP contribution in [0, 0.1) is 5.82 Å². The topological polar surface area (TPSA) is 38.8 Å². The van der Waals surface area contributed by atoms with E-state index in [9.17, 15) is 9.18 Å². The molecular weight excluding hydrogens is 333 g/mol. The van der Waals surface area contributed by atoms with E-state index in [0.29, 0.717) is 28.6 Å². The number of halogens is 2. The van der Waals surface area contributed by atoms with Gasteiger partial charge in [-0.05, 0) is 42.7 Å². The molecule has 0 N–H and O–H groups in total. The lowest BCUT2D eigenvalue weighted by Gasteiger charge is -2.25. The molecule has 1 fully saturated rings. The highest BCUT2D eigenvalue weighted by Crippen LogP contribution is 2.41. The Hall–Kier alpha value is -2.27. The Bertz CT molecular complexity index is 794. The summed E-state index contributed by atoms with van der Waals surface area (Å²) < 4.78 is 23.8. The molecule has 0 bridgehead atoms. The molecule has 0 aromatic heterocycles. The Balaban J connectivity index is 1.64. The Morgan fingerprint density at radius 1 is 1.21 bits per heavy atom. The number of hydrogen-bond acceptors (Lipinski definition) is 3. The highest BCUT2D eigenvalue weighted by molar-refractivity contribution is 6.32. The first-order chi connectivity index (χ1) is 11.6. The third-order valence-electron chi connectivity index (χ3n) is 4.44. The highest BCUT2D eigenvalue weighted by atomic mass is 35.5. The fraction of sp³-hybridized carbons (Fsp3) is 0.278. The van der Waals surface area contributed by atoms with Gasteiger partial charge < -0.3 is 14.4 Å². The molecule has 0 spiro atoms. The number of amides is 1. The van der Waals surface area contributed by atoms with Crippen LogP contribution >= 0.6 is 11.6 Å². The Morgan fingerprint density at radius 3 is 2.79 bits per heavy atom. The van der Waals surface area contributed by atoms with Crippen molar-refractivity contribution in [1.82, 2.24) is 4.90 Å². The molecule has 4 nitrogen and oxygen atoms in total. The van der Waals surface area contributed by atoms with Gasteiger partial charge in [-0.1, -0.05) is 23.7 Å². The Kier molecular flexibility index (Phi) is 3.81. The number of rotatable bonds is 2. The highest BCUT2D eigenvalue weighted by Gasteiger charge is 2.32. The third-order valence-corrected chi connectivity index (χ3v) is 4.72. The van der Waals surface area contributed by atoms with Crippen LogP contribution in [-0.4, -0.2) is 24.1 Å². The van der Waals surface area contributed by atoms with Crippen molar-refractivity contribution in [3.63, 3.8) is 0 Å². The molecule has 2 aliphatic rings. The summed E-state index contributed by atoms with van der Waals surface area (Å²) >= 11 is 6.18. The van der Waals surface area contributed by atoms with Crippen molar-refractivity contribution in [1.29, 1.82) is 0 Å². The van der Waals surface area contributed by atoms with E-state index in [1.54, 1.807) is 29.2 Å². The summed E-state index contributed by atoms with van der Waals surface area (Å²) in [6.45, 7) is 0.765. The van der Waals surface area contributed by atoms with Crippen LogP contribution in [0.3, 0.4) is 0 Å². The summed E-state index contributed by atoms with van der Waals surface area (Å²) in [5.74, 6) is 0.576. The van der Waals surface area contributed by atoms with Crippen molar-refractivity contribution in [2.24, 2.45) is 0 Å². The summed E-state index contributed by atoms with van der Waals surface area (Å²) in [7, 11) is 0. The standard InChI is InChI=1S/C18H15ClFNO3/c19-14-8-12(9-16-17(14)24-10-23-16)18(22)21-7-1-2-15(21)11-3-5-13(20)6-4-11/h3-6,8-9,15H,1-2,7,10H2. The number of carbonyl (C=O) groups is 1. The van der Waals surface area contributed by atoms with Crippen molar-refractivity contribution in [3.8, 4) is 11.5 Å². The summed E-state index contributed by atoms with van der Waals surface area (Å²) in [5, 5.41) is 0.367. The van der Waals surface area contributed by atoms with Gasteiger partial charge in [-0.2, -0.15) is 0 Å². The summed E-state index contributed by atoms with van der Waals surface area (Å²) in [5.41, 5.74) is 1.41. The zero-order valence-corrected chi connectivity index (χ0v) is 13.6. The number of benzene rings is 2. The van der Waals surface area contributed by atoms with Crippen LogP contribution in [0.5, 0.6) is 11.5 Å². The minimum absolute atomic E-state index is 0.0534. The van der Waals surface area contributed by atoms with Gasteiger partial charge in [0.2, 0.25) is 6.79 Å². The number of fused-ring (bicyclic) bond motifs is 1. The zero-order valence-electron chi connectivity index (χ0n) is 12.8. The van der Waals surface area contributed by atoms with Gasteiger partial charge in [-0.3, -0.25) is 4.79 Å². The maximum absolute atomic E-state index is 13.1. The second-order valence-corrected chi connectivity index (χ2v) is 6.31. The molecule has 2 aromatic rings. The van der Waals surface area contributed by atoms with E-state index < -0.39 is 0 Å². The van der Waals surface area contributed by atoms with E-state index in [4.69, 9.17) is 21.1 Å². The lowest BCUT2D eigenvalue weighted by atomic mass is 10.0. The molecule has 0 saturated carbocycles. The second kappa shape index (κ2) is 5.98. The van der Waals surface area contributed by atoms with Crippen LogP contribution < -0.4 is 9.47 Å². The van der Waals surface area contributed by atoms with Gasteiger partial charge in [-0.15, -0.1) is 0 Å². The number of carbonyl (C=O) groups excluding carboxylic acids is 1. The van der Waals surface area contributed by atoms with Gasteiger partial charge in [0.25, 0.3) is 5.91 Å². The van der Waals surface area contributed by atoms with Crippen molar-refractivity contribution >= 4 is 17.5 Å².